The van der Waals surface area contributed by atoms with Gasteiger partial charge in [0.2, 0.25) is 5.91 Å². The molecule has 0 atom stereocenters. The van der Waals surface area contributed by atoms with Crippen molar-refractivity contribution >= 4 is 34.1 Å². The van der Waals surface area contributed by atoms with Crippen molar-refractivity contribution in [2.24, 2.45) is 0 Å². The maximum atomic E-state index is 13.1. The van der Waals surface area contributed by atoms with Crippen LogP contribution in [0.2, 0.25) is 0 Å². The lowest BCUT2D eigenvalue weighted by molar-refractivity contribution is -0.113. The average Bonchev–Trinajstić information content (AvgIpc) is 2.56. The van der Waals surface area contributed by atoms with Crippen molar-refractivity contribution in [3.05, 3.63) is 72.3 Å². The van der Waals surface area contributed by atoms with E-state index in [4.69, 9.17) is 0 Å². The van der Waals surface area contributed by atoms with Gasteiger partial charge in [0.25, 0.3) is 0 Å². The fraction of sp³-hybridized carbons (Fsp3) is 0.0556. The fourth-order valence-corrected chi connectivity index (χ4v) is 2.92. The summed E-state index contributed by atoms with van der Waals surface area (Å²) in [4.78, 5) is 12.9. The highest BCUT2D eigenvalue weighted by Gasteiger charge is 2.07. The molecule has 0 saturated heterocycles. The minimum Gasteiger partial charge on any atom is -0.325 e. The quantitative estimate of drug-likeness (QED) is 0.693. The SMILES string of the molecule is O=C(CSc1ccc2ccccc2c1)Nc1ccc(F)c(F)c1. The molecule has 1 amide bonds. The molecule has 23 heavy (non-hydrogen) atoms. The first-order valence-corrected chi connectivity index (χ1v) is 7.97. The second-order valence-electron chi connectivity index (χ2n) is 4.97. The highest BCUT2D eigenvalue weighted by molar-refractivity contribution is 8.00. The first-order valence-electron chi connectivity index (χ1n) is 6.98. The first-order chi connectivity index (χ1) is 11.1. The summed E-state index contributed by atoms with van der Waals surface area (Å²) in [6, 6.07) is 17.2. The summed E-state index contributed by atoms with van der Waals surface area (Å²) in [6.07, 6.45) is 0. The second-order valence-corrected chi connectivity index (χ2v) is 6.02. The number of anilines is 1. The molecule has 1 N–H and O–H groups in total. The Kier molecular flexibility index (Phi) is 4.57. The highest BCUT2D eigenvalue weighted by Crippen LogP contribution is 2.24. The van der Waals surface area contributed by atoms with Crippen LogP contribution < -0.4 is 5.32 Å². The zero-order chi connectivity index (χ0) is 16.2. The zero-order valence-electron chi connectivity index (χ0n) is 12.1. The van der Waals surface area contributed by atoms with Gasteiger partial charge in [-0.2, -0.15) is 0 Å². The summed E-state index contributed by atoms with van der Waals surface area (Å²) in [5, 5.41) is 4.80. The van der Waals surface area contributed by atoms with Gasteiger partial charge in [-0.1, -0.05) is 30.3 Å². The lowest BCUT2D eigenvalue weighted by Gasteiger charge is -2.06. The molecule has 0 aliphatic heterocycles. The number of benzene rings is 3. The lowest BCUT2D eigenvalue weighted by Crippen LogP contribution is -2.14. The van der Waals surface area contributed by atoms with Gasteiger partial charge in [-0.15, -0.1) is 11.8 Å². The van der Waals surface area contributed by atoms with E-state index in [1.54, 1.807) is 0 Å². The van der Waals surface area contributed by atoms with E-state index >= 15 is 0 Å². The van der Waals surface area contributed by atoms with Crippen LogP contribution in [0.5, 0.6) is 0 Å². The normalized spacial score (nSPS) is 10.7. The third-order valence-electron chi connectivity index (χ3n) is 3.29. The molecule has 0 aliphatic rings. The number of thioether (sulfide) groups is 1. The van der Waals surface area contributed by atoms with E-state index in [-0.39, 0.29) is 17.3 Å². The van der Waals surface area contributed by atoms with E-state index in [2.05, 4.69) is 5.32 Å². The third-order valence-corrected chi connectivity index (χ3v) is 4.29. The standard InChI is InChI=1S/C18H13F2NOS/c19-16-8-6-14(10-17(16)20)21-18(22)11-23-15-7-5-12-3-1-2-4-13(12)9-15/h1-10H,11H2,(H,21,22). The summed E-state index contributed by atoms with van der Waals surface area (Å²) in [5.41, 5.74) is 0.244. The molecule has 5 heteroatoms. The van der Waals surface area contributed by atoms with Crippen LogP contribution in [-0.2, 0) is 4.79 Å². The van der Waals surface area contributed by atoms with Crippen LogP contribution in [0.15, 0.2) is 65.6 Å². The van der Waals surface area contributed by atoms with Crippen LogP contribution in [0, 0.1) is 11.6 Å². The van der Waals surface area contributed by atoms with Crippen LogP contribution in [0.3, 0.4) is 0 Å². The maximum Gasteiger partial charge on any atom is 0.234 e. The van der Waals surface area contributed by atoms with Gasteiger partial charge in [0.05, 0.1) is 5.75 Å². The van der Waals surface area contributed by atoms with Crippen molar-refractivity contribution in [3.63, 3.8) is 0 Å². The zero-order valence-corrected chi connectivity index (χ0v) is 12.9. The molecule has 0 radical (unpaired) electrons. The van der Waals surface area contributed by atoms with E-state index < -0.39 is 11.6 Å². The molecule has 0 aliphatic carbocycles. The van der Waals surface area contributed by atoms with Crippen molar-refractivity contribution < 1.29 is 13.6 Å². The van der Waals surface area contributed by atoms with Crippen LogP contribution in [0.25, 0.3) is 10.8 Å². The topological polar surface area (TPSA) is 29.1 Å². The maximum absolute atomic E-state index is 13.1. The van der Waals surface area contributed by atoms with Gasteiger partial charge in [0.15, 0.2) is 11.6 Å². The molecule has 0 fully saturated rings. The number of carbonyl (C=O) groups excluding carboxylic acids is 1. The Morgan fingerprint density at radius 1 is 0.913 bits per heavy atom. The minimum atomic E-state index is -0.981. The molecular formula is C18H13F2NOS. The van der Waals surface area contributed by atoms with Gasteiger partial charge >= 0.3 is 0 Å². The van der Waals surface area contributed by atoms with E-state index in [0.717, 1.165) is 27.8 Å². The molecule has 3 aromatic carbocycles. The Labute approximate surface area is 136 Å². The molecule has 3 aromatic rings. The van der Waals surface area contributed by atoms with Crippen LogP contribution in [0.1, 0.15) is 0 Å². The smallest absolute Gasteiger partial charge is 0.234 e. The Morgan fingerprint density at radius 2 is 1.70 bits per heavy atom. The predicted octanol–water partition coefficient (Wildman–Crippen LogP) is 4.85. The van der Waals surface area contributed by atoms with Crippen molar-refractivity contribution in [1.82, 2.24) is 0 Å². The van der Waals surface area contributed by atoms with Gasteiger partial charge in [0.1, 0.15) is 0 Å². The molecular weight excluding hydrogens is 316 g/mol. The summed E-state index contributed by atoms with van der Waals surface area (Å²) in [7, 11) is 0. The molecule has 0 saturated carbocycles. The molecule has 0 heterocycles. The van der Waals surface area contributed by atoms with E-state index in [0.29, 0.717) is 0 Å². The van der Waals surface area contributed by atoms with Crippen LogP contribution in [-0.4, -0.2) is 11.7 Å². The summed E-state index contributed by atoms with van der Waals surface area (Å²) in [5.74, 6) is -2.00. The monoisotopic (exact) mass is 329 g/mol. The molecule has 0 bridgehead atoms. The Balaban J connectivity index is 1.62. The summed E-state index contributed by atoms with van der Waals surface area (Å²) < 4.78 is 25.9. The minimum absolute atomic E-state index is 0.192. The van der Waals surface area contributed by atoms with Gasteiger partial charge in [-0.25, -0.2) is 8.78 Å². The number of hydrogen-bond donors (Lipinski definition) is 1. The van der Waals surface area contributed by atoms with Gasteiger partial charge in [-0.05, 0) is 35.0 Å². The first kappa shape index (κ1) is 15.5. The summed E-state index contributed by atoms with van der Waals surface area (Å²) >= 11 is 1.39. The molecule has 0 spiro atoms. The van der Waals surface area contributed by atoms with Gasteiger partial charge in [-0.3, -0.25) is 4.79 Å². The molecule has 3 rings (SSSR count). The van der Waals surface area contributed by atoms with Crippen LogP contribution >= 0.6 is 11.8 Å². The van der Waals surface area contributed by atoms with E-state index in [9.17, 15) is 13.6 Å². The lowest BCUT2D eigenvalue weighted by atomic mass is 10.1. The number of carbonyl (C=O) groups is 1. The molecule has 2 nitrogen and oxygen atoms in total. The molecule has 0 aromatic heterocycles. The number of nitrogens with one attached hydrogen (secondary N) is 1. The van der Waals surface area contributed by atoms with Crippen molar-refractivity contribution in [1.29, 1.82) is 0 Å². The average molecular weight is 329 g/mol. The third kappa shape index (κ3) is 3.87. The van der Waals surface area contributed by atoms with Crippen molar-refractivity contribution in [2.45, 2.75) is 4.90 Å². The number of rotatable bonds is 4. The van der Waals surface area contributed by atoms with Gasteiger partial charge in [0, 0.05) is 16.6 Å². The van der Waals surface area contributed by atoms with Crippen LogP contribution in [0.4, 0.5) is 14.5 Å². The van der Waals surface area contributed by atoms with E-state index in [1.807, 2.05) is 42.5 Å². The summed E-state index contributed by atoms with van der Waals surface area (Å²) in [6.45, 7) is 0. The van der Waals surface area contributed by atoms with Gasteiger partial charge < -0.3 is 5.32 Å². The van der Waals surface area contributed by atoms with E-state index in [1.165, 1.54) is 17.8 Å². The second kappa shape index (κ2) is 6.79. The number of halogens is 2. The number of hydrogen-bond acceptors (Lipinski definition) is 2. The number of amides is 1. The highest BCUT2D eigenvalue weighted by atomic mass is 32.2. The Bertz CT molecular complexity index is 867. The molecule has 116 valence electrons. The fourth-order valence-electron chi connectivity index (χ4n) is 2.18. The number of fused-ring (bicyclic) bond motifs is 1. The van der Waals surface area contributed by atoms with Crippen molar-refractivity contribution in [3.8, 4) is 0 Å². The molecule has 0 unspecified atom stereocenters. The Hall–Kier alpha value is -2.40. The largest absolute Gasteiger partial charge is 0.325 e. The van der Waals surface area contributed by atoms with Crippen molar-refractivity contribution in [2.75, 3.05) is 11.1 Å². The predicted molar refractivity (Wildman–Crippen MR) is 89.7 cm³/mol. The Morgan fingerprint density at radius 3 is 2.48 bits per heavy atom.